The number of carbonyl (C=O) groups is 1. The highest BCUT2D eigenvalue weighted by Gasteiger charge is 2.36. The Bertz CT molecular complexity index is 330. The number of aldehydes is 1. The molecule has 1 aliphatic rings. The van der Waals surface area contributed by atoms with Crippen molar-refractivity contribution in [1.29, 1.82) is 0 Å². The molecule has 2 N–H and O–H groups in total. The van der Waals surface area contributed by atoms with Crippen LogP contribution < -0.4 is 4.72 Å². The lowest BCUT2D eigenvalue weighted by atomic mass is 9.79. The number of hydrogen-bond acceptors (Lipinski definition) is 4. The number of aliphatic hydroxyl groups is 1. The van der Waals surface area contributed by atoms with Crippen molar-refractivity contribution in [1.82, 2.24) is 4.72 Å². The Labute approximate surface area is 100 Å². The van der Waals surface area contributed by atoms with Crippen LogP contribution >= 0.6 is 11.9 Å². The average molecular weight is 239 g/mol. The molecule has 0 unspecified atom stereocenters. The third-order valence-corrected chi connectivity index (χ3v) is 3.66. The van der Waals surface area contributed by atoms with Crippen molar-refractivity contribution in [2.45, 2.75) is 31.7 Å². The summed E-state index contributed by atoms with van der Waals surface area (Å²) >= 11 is 1.26. The van der Waals surface area contributed by atoms with E-state index in [1.807, 2.05) is 19.1 Å². The van der Waals surface area contributed by atoms with Gasteiger partial charge in [0.1, 0.15) is 12.0 Å². The molecule has 4 heteroatoms. The minimum absolute atomic E-state index is 0.0102. The summed E-state index contributed by atoms with van der Waals surface area (Å²) in [6, 6.07) is 0. The zero-order valence-electron chi connectivity index (χ0n) is 9.40. The van der Waals surface area contributed by atoms with Crippen molar-refractivity contribution in [2.75, 3.05) is 0 Å². The van der Waals surface area contributed by atoms with Crippen LogP contribution in [-0.2, 0) is 4.79 Å². The molecule has 1 fully saturated rings. The summed E-state index contributed by atoms with van der Waals surface area (Å²) in [5.74, 6) is 0.0102. The normalized spacial score (nSPS) is 19.4. The Morgan fingerprint density at radius 1 is 1.56 bits per heavy atom. The maximum absolute atomic E-state index is 10.9. The number of nitrogens with one attached hydrogen (secondary N) is 1. The van der Waals surface area contributed by atoms with E-state index in [2.05, 4.69) is 11.3 Å². The fourth-order valence-corrected chi connectivity index (χ4v) is 2.16. The molecule has 1 saturated carbocycles. The van der Waals surface area contributed by atoms with E-state index < -0.39 is 5.54 Å². The number of carbonyl (C=O) groups excluding carboxylic acids is 1. The lowest BCUT2D eigenvalue weighted by Crippen LogP contribution is -2.49. The molecule has 0 aromatic carbocycles. The van der Waals surface area contributed by atoms with E-state index >= 15 is 0 Å². The van der Waals surface area contributed by atoms with Crippen LogP contribution in [0.4, 0.5) is 0 Å². The van der Waals surface area contributed by atoms with Gasteiger partial charge in [-0.05, 0) is 44.2 Å². The molecular formula is C12H17NO2S. The highest BCUT2D eigenvalue weighted by atomic mass is 32.2. The lowest BCUT2D eigenvalue weighted by molar-refractivity contribution is -0.115. The molecule has 1 rings (SSSR count). The SMILES string of the molecule is C=C(O)/C(=C\C=C/C)SNC1(C=O)CCC1. The molecule has 88 valence electrons. The van der Waals surface area contributed by atoms with Crippen LogP contribution in [0.15, 0.2) is 35.5 Å². The van der Waals surface area contributed by atoms with Gasteiger partial charge >= 0.3 is 0 Å². The first-order valence-electron chi connectivity index (χ1n) is 5.25. The Balaban J connectivity index is 2.56. The van der Waals surface area contributed by atoms with Crippen LogP contribution in [0.3, 0.4) is 0 Å². The van der Waals surface area contributed by atoms with Crippen LogP contribution in [0.25, 0.3) is 0 Å². The predicted molar refractivity (Wildman–Crippen MR) is 68.0 cm³/mol. The van der Waals surface area contributed by atoms with E-state index in [-0.39, 0.29) is 5.76 Å². The monoisotopic (exact) mass is 239 g/mol. The molecule has 1 aliphatic carbocycles. The van der Waals surface area contributed by atoms with Gasteiger partial charge < -0.3 is 9.90 Å². The lowest BCUT2D eigenvalue weighted by Gasteiger charge is -2.36. The Hall–Kier alpha value is -1.00. The average Bonchev–Trinajstić information content (AvgIpc) is 2.20. The first kappa shape index (κ1) is 13.1. The fourth-order valence-electron chi connectivity index (χ4n) is 1.33. The van der Waals surface area contributed by atoms with E-state index in [4.69, 9.17) is 0 Å². The third kappa shape index (κ3) is 3.25. The molecule has 0 saturated heterocycles. The summed E-state index contributed by atoms with van der Waals surface area (Å²) in [4.78, 5) is 11.5. The van der Waals surface area contributed by atoms with Crippen molar-refractivity contribution in [3.05, 3.63) is 35.5 Å². The summed E-state index contributed by atoms with van der Waals surface area (Å²) in [6.45, 7) is 5.38. The molecule has 0 aromatic rings. The van der Waals surface area contributed by atoms with E-state index in [0.717, 1.165) is 25.5 Å². The minimum atomic E-state index is -0.408. The van der Waals surface area contributed by atoms with Crippen LogP contribution in [0.5, 0.6) is 0 Å². The maximum Gasteiger partial charge on any atom is 0.140 e. The van der Waals surface area contributed by atoms with Crippen molar-refractivity contribution in [3.8, 4) is 0 Å². The van der Waals surface area contributed by atoms with Gasteiger partial charge in [-0.15, -0.1) is 0 Å². The van der Waals surface area contributed by atoms with E-state index in [1.54, 1.807) is 6.08 Å². The van der Waals surface area contributed by atoms with Crippen LogP contribution in [-0.4, -0.2) is 16.9 Å². The first-order chi connectivity index (χ1) is 7.63. The molecule has 0 heterocycles. The highest BCUT2D eigenvalue weighted by Crippen LogP contribution is 2.33. The standard InChI is InChI=1S/C12H17NO2S/c1-3-4-6-11(10(2)15)16-13-12(9-14)7-5-8-12/h3-4,6,9,13,15H,2,5,7-8H2,1H3/b4-3-,11-6+. The Kier molecular flexibility index (Phi) is 4.83. The van der Waals surface area contributed by atoms with Gasteiger partial charge in [0, 0.05) is 0 Å². The molecule has 0 atom stereocenters. The van der Waals surface area contributed by atoms with Crippen molar-refractivity contribution in [2.24, 2.45) is 0 Å². The van der Waals surface area contributed by atoms with Crippen molar-refractivity contribution < 1.29 is 9.90 Å². The maximum atomic E-state index is 10.9. The molecule has 0 bridgehead atoms. The van der Waals surface area contributed by atoms with Gasteiger partial charge in [-0.1, -0.05) is 18.7 Å². The summed E-state index contributed by atoms with van der Waals surface area (Å²) in [7, 11) is 0. The number of hydrogen-bond donors (Lipinski definition) is 2. The zero-order valence-corrected chi connectivity index (χ0v) is 10.2. The number of aliphatic hydroxyl groups excluding tert-OH is 1. The summed E-state index contributed by atoms with van der Waals surface area (Å²) < 4.78 is 3.10. The second-order valence-corrected chi connectivity index (χ2v) is 4.68. The largest absolute Gasteiger partial charge is 0.507 e. The summed E-state index contributed by atoms with van der Waals surface area (Å²) in [5, 5.41) is 9.35. The molecule has 0 amide bonds. The second kappa shape index (κ2) is 5.92. The molecule has 0 aliphatic heterocycles. The van der Waals surface area contributed by atoms with Gasteiger partial charge in [-0.2, -0.15) is 0 Å². The number of allylic oxidation sites excluding steroid dienone is 3. The van der Waals surface area contributed by atoms with Crippen LogP contribution in [0.1, 0.15) is 26.2 Å². The first-order valence-corrected chi connectivity index (χ1v) is 6.07. The quantitative estimate of drug-likeness (QED) is 0.324. The molecular weight excluding hydrogens is 222 g/mol. The van der Waals surface area contributed by atoms with Gasteiger partial charge in [0.2, 0.25) is 0 Å². The molecule has 16 heavy (non-hydrogen) atoms. The fraction of sp³-hybridized carbons (Fsp3) is 0.417. The van der Waals surface area contributed by atoms with E-state index in [0.29, 0.717) is 4.91 Å². The van der Waals surface area contributed by atoms with Crippen molar-refractivity contribution >= 4 is 18.2 Å². The van der Waals surface area contributed by atoms with Crippen LogP contribution in [0, 0.1) is 0 Å². The topological polar surface area (TPSA) is 49.3 Å². The smallest absolute Gasteiger partial charge is 0.140 e. The van der Waals surface area contributed by atoms with E-state index in [1.165, 1.54) is 11.9 Å². The highest BCUT2D eigenvalue weighted by molar-refractivity contribution is 8.01. The Morgan fingerprint density at radius 3 is 2.62 bits per heavy atom. The molecule has 0 spiro atoms. The molecule has 0 aromatic heterocycles. The van der Waals surface area contributed by atoms with Gasteiger partial charge in [0.15, 0.2) is 0 Å². The van der Waals surface area contributed by atoms with Gasteiger partial charge in [-0.3, -0.25) is 0 Å². The van der Waals surface area contributed by atoms with Gasteiger partial charge in [0.25, 0.3) is 0 Å². The van der Waals surface area contributed by atoms with Crippen molar-refractivity contribution in [3.63, 3.8) is 0 Å². The van der Waals surface area contributed by atoms with Crippen LogP contribution in [0.2, 0.25) is 0 Å². The van der Waals surface area contributed by atoms with Gasteiger partial charge in [-0.25, -0.2) is 4.72 Å². The molecule has 0 radical (unpaired) electrons. The summed E-state index contributed by atoms with van der Waals surface area (Å²) in [5.41, 5.74) is -0.408. The van der Waals surface area contributed by atoms with Gasteiger partial charge in [0.05, 0.1) is 10.4 Å². The number of rotatable bonds is 6. The second-order valence-electron chi connectivity index (χ2n) is 3.84. The summed E-state index contributed by atoms with van der Waals surface area (Å²) in [6.07, 6.45) is 9.19. The predicted octanol–water partition coefficient (Wildman–Crippen LogP) is 2.88. The minimum Gasteiger partial charge on any atom is -0.507 e. The third-order valence-electron chi connectivity index (χ3n) is 2.56. The van der Waals surface area contributed by atoms with E-state index in [9.17, 15) is 9.90 Å². The Morgan fingerprint density at radius 2 is 2.25 bits per heavy atom. The molecule has 3 nitrogen and oxygen atoms in total. The zero-order chi connectivity index (χ0) is 12.0.